The van der Waals surface area contributed by atoms with Gasteiger partial charge in [-0.3, -0.25) is 14.6 Å². The van der Waals surface area contributed by atoms with E-state index in [0.717, 1.165) is 49.4 Å². The number of carbonyl (C=O) groups is 1. The number of aromatic nitrogens is 2. The number of para-hydroxylation sites is 1. The van der Waals surface area contributed by atoms with Gasteiger partial charge in [0.15, 0.2) is 0 Å². The first-order valence-electron chi connectivity index (χ1n) is 9.55. The van der Waals surface area contributed by atoms with Crippen molar-refractivity contribution in [2.45, 2.75) is 38.1 Å². The van der Waals surface area contributed by atoms with Gasteiger partial charge < -0.3 is 15.0 Å². The van der Waals surface area contributed by atoms with Gasteiger partial charge in [-0.15, -0.1) is 0 Å². The SMILES string of the molecule is O=C1CCCN1CCCc1cc(=O)[nH]c(N[C@@H]2CCOc3ccccc32)n1. The maximum atomic E-state index is 12.0. The maximum absolute atomic E-state index is 12.0. The highest BCUT2D eigenvalue weighted by molar-refractivity contribution is 5.77. The Bertz CT molecular complexity index is 880. The fourth-order valence-electron chi connectivity index (χ4n) is 3.75. The molecule has 7 heteroatoms. The Hall–Kier alpha value is -2.83. The number of amides is 1. The predicted octanol–water partition coefficient (Wildman–Crippen LogP) is 2.26. The van der Waals surface area contributed by atoms with E-state index in [4.69, 9.17) is 4.74 Å². The third-order valence-corrected chi connectivity index (χ3v) is 5.10. The molecule has 0 unspecified atom stereocenters. The summed E-state index contributed by atoms with van der Waals surface area (Å²) in [5.74, 6) is 1.58. The smallest absolute Gasteiger partial charge is 0.252 e. The minimum absolute atomic E-state index is 0.0515. The summed E-state index contributed by atoms with van der Waals surface area (Å²) in [4.78, 5) is 33.0. The summed E-state index contributed by atoms with van der Waals surface area (Å²) >= 11 is 0. The van der Waals surface area contributed by atoms with Gasteiger partial charge in [0.2, 0.25) is 11.9 Å². The van der Waals surface area contributed by atoms with Crippen LogP contribution in [0, 0.1) is 0 Å². The number of benzene rings is 1. The number of nitrogens with zero attached hydrogens (tertiary/aromatic N) is 2. The van der Waals surface area contributed by atoms with Crippen LogP contribution in [0.25, 0.3) is 0 Å². The Morgan fingerprint density at radius 3 is 3.04 bits per heavy atom. The normalized spacial score (nSPS) is 18.9. The molecule has 0 bridgehead atoms. The first-order chi connectivity index (χ1) is 13.2. The zero-order valence-corrected chi connectivity index (χ0v) is 15.2. The van der Waals surface area contributed by atoms with Crippen molar-refractivity contribution in [2.24, 2.45) is 0 Å². The van der Waals surface area contributed by atoms with Crippen LogP contribution in [0.4, 0.5) is 5.95 Å². The number of hydrogen-bond acceptors (Lipinski definition) is 5. The average molecular weight is 368 g/mol. The largest absolute Gasteiger partial charge is 0.493 e. The Morgan fingerprint density at radius 2 is 2.19 bits per heavy atom. The van der Waals surface area contributed by atoms with E-state index in [1.165, 1.54) is 6.07 Å². The average Bonchev–Trinajstić information content (AvgIpc) is 3.07. The Morgan fingerprint density at radius 1 is 1.30 bits per heavy atom. The third-order valence-electron chi connectivity index (χ3n) is 5.10. The molecule has 2 N–H and O–H groups in total. The number of fused-ring (bicyclic) bond motifs is 1. The molecule has 1 aromatic heterocycles. The van der Waals surface area contributed by atoms with Gasteiger partial charge in [-0.25, -0.2) is 4.98 Å². The second kappa shape index (κ2) is 7.82. The number of aryl methyl sites for hydroxylation is 1. The quantitative estimate of drug-likeness (QED) is 0.817. The van der Waals surface area contributed by atoms with Gasteiger partial charge in [-0.05, 0) is 25.3 Å². The molecule has 1 amide bonds. The zero-order chi connectivity index (χ0) is 18.6. The van der Waals surface area contributed by atoms with Crippen LogP contribution in [-0.2, 0) is 11.2 Å². The molecule has 4 rings (SSSR count). The van der Waals surface area contributed by atoms with Crippen LogP contribution in [-0.4, -0.2) is 40.5 Å². The van der Waals surface area contributed by atoms with Crippen molar-refractivity contribution in [3.05, 3.63) is 51.9 Å². The van der Waals surface area contributed by atoms with Crippen molar-refractivity contribution < 1.29 is 9.53 Å². The topological polar surface area (TPSA) is 87.3 Å². The molecule has 3 heterocycles. The predicted molar refractivity (Wildman–Crippen MR) is 102 cm³/mol. The highest BCUT2D eigenvalue weighted by Gasteiger charge is 2.22. The number of anilines is 1. The lowest BCUT2D eigenvalue weighted by atomic mass is 10.0. The molecule has 0 spiro atoms. The molecule has 1 atom stereocenters. The highest BCUT2D eigenvalue weighted by Crippen LogP contribution is 2.33. The molecule has 0 radical (unpaired) electrons. The number of aromatic amines is 1. The second-order valence-corrected chi connectivity index (χ2v) is 7.05. The lowest BCUT2D eigenvalue weighted by Crippen LogP contribution is -2.26. The molecule has 27 heavy (non-hydrogen) atoms. The monoisotopic (exact) mass is 368 g/mol. The van der Waals surface area contributed by atoms with Crippen LogP contribution in [0.2, 0.25) is 0 Å². The van der Waals surface area contributed by atoms with Crippen molar-refractivity contribution in [1.29, 1.82) is 0 Å². The lowest BCUT2D eigenvalue weighted by molar-refractivity contribution is -0.127. The molecule has 7 nitrogen and oxygen atoms in total. The van der Waals surface area contributed by atoms with E-state index in [1.54, 1.807) is 0 Å². The van der Waals surface area contributed by atoms with Gasteiger partial charge in [-0.1, -0.05) is 18.2 Å². The van der Waals surface area contributed by atoms with E-state index >= 15 is 0 Å². The third kappa shape index (κ3) is 4.13. The van der Waals surface area contributed by atoms with Crippen LogP contribution in [0.1, 0.15) is 43.0 Å². The van der Waals surface area contributed by atoms with Crippen molar-refractivity contribution in [3.63, 3.8) is 0 Å². The minimum Gasteiger partial charge on any atom is -0.493 e. The number of likely N-dealkylation sites (tertiary alicyclic amines) is 1. The number of ether oxygens (including phenoxy) is 1. The molecule has 2 aromatic rings. The second-order valence-electron chi connectivity index (χ2n) is 7.05. The molecule has 142 valence electrons. The Labute approximate surface area is 157 Å². The van der Waals surface area contributed by atoms with Crippen molar-refractivity contribution >= 4 is 11.9 Å². The summed E-state index contributed by atoms with van der Waals surface area (Å²) in [6, 6.07) is 9.50. The highest BCUT2D eigenvalue weighted by atomic mass is 16.5. The van der Waals surface area contributed by atoms with E-state index in [-0.39, 0.29) is 17.5 Å². The summed E-state index contributed by atoms with van der Waals surface area (Å²) in [6.45, 7) is 2.20. The van der Waals surface area contributed by atoms with Gasteiger partial charge in [0, 0.05) is 43.3 Å². The van der Waals surface area contributed by atoms with E-state index in [2.05, 4.69) is 15.3 Å². The molecule has 1 aromatic carbocycles. The van der Waals surface area contributed by atoms with E-state index in [0.29, 0.717) is 25.4 Å². The van der Waals surface area contributed by atoms with Crippen molar-refractivity contribution in [2.75, 3.05) is 25.0 Å². The van der Waals surface area contributed by atoms with Crippen LogP contribution in [0.15, 0.2) is 35.1 Å². The van der Waals surface area contributed by atoms with E-state index in [1.807, 2.05) is 29.2 Å². The van der Waals surface area contributed by atoms with Crippen LogP contribution in [0.3, 0.4) is 0 Å². The summed E-state index contributed by atoms with van der Waals surface area (Å²) in [5.41, 5.74) is 1.65. The number of hydrogen-bond donors (Lipinski definition) is 2. The molecule has 1 fully saturated rings. The van der Waals surface area contributed by atoms with Crippen LogP contribution < -0.4 is 15.6 Å². The van der Waals surface area contributed by atoms with Crippen LogP contribution in [0.5, 0.6) is 5.75 Å². The van der Waals surface area contributed by atoms with E-state index in [9.17, 15) is 9.59 Å². The molecule has 0 aliphatic carbocycles. The fourth-order valence-corrected chi connectivity index (χ4v) is 3.75. The number of nitrogens with one attached hydrogen (secondary N) is 2. The molecule has 2 aliphatic heterocycles. The maximum Gasteiger partial charge on any atom is 0.252 e. The van der Waals surface area contributed by atoms with E-state index < -0.39 is 0 Å². The number of rotatable bonds is 6. The van der Waals surface area contributed by atoms with Gasteiger partial charge in [0.25, 0.3) is 5.56 Å². The fraction of sp³-hybridized carbons (Fsp3) is 0.450. The Balaban J connectivity index is 1.42. The van der Waals surface area contributed by atoms with Gasteiger partial charge >= 0.3 is 0 Å². The first-order valence-corrected chi connectivity index (χ1v) is 9.55. The standard InChI is InChI=1S/C20H24N4O3/c25-18-13-14(5-3-10-24-11-4-8-19(24)26)21-20(23-18)22-16-9-12-27-17-7-2-1-6-15(16)17/h1-2,6-7,13,16H,3-5,8-12H2,(H2,21,22,23,25)/t16-/m1/s1. The zero-order valence-electron chi connectivity index (χ0n) is 15.2. The number of H-pyrrole nitrogens is 1. The Kier molecular flexibility index (Phi) is 5.09. The minimum atomic E-state index is -0.167. The van der Waals surface area contributed by atoms with Crippen LogP contribution >= 0.6 is 0 Å². The molecule has 0 saturated carbocycles. The lowest BCUT2D eigenvalue weighted by Gasteiger charge is -2.26. The van der Waals surface area contributed by atoms with Gasteiger partial charge in [0.1, 0.15) is 5.75 Å². The summed E-state index contributed by atoms with van der Waals surface area (Å²) < 4.78 is 5.68. The van der Waals surface area contributed by atoms with Crippen molar-refractivity contribution in [3.8, 4) is 5.75 Å². The van der Waals surface area contributed by atoms with Crippen molar-refractivity contribution in [1.82, 2.24) is 14.9 Å². The summed E-state index contributed by atoms with van der Waals surface area (Å²) in [5, 5.41) is 3.35. The summed E-state index contributed by atoms with van der Waals surface area (Å²) in [6.07, 6.45) is 3.89. The first kappa shape index (κ1) is 17.6. The van der Waals surface area contributed by atoms with Gasteiger partial charge in [0.05, 0.1) is 12.6 Å². The molecular weight excluding hydrogens is 344 g/mol. The molecular formula is C20H24N4O3. The molecule has 1 saturated heterocycles. The molecule has 2 aliphatic rings. The summed E-state index contributed by atoms with van der Waals surface area (Å²) in [7, 11) is 0. The number of carbonyl (C=O) groups excluding carboxylic acids is 1. The van der Waals surface area contributed by atoms with Gasteiger partial charge in [-0.2, -0.15) is 0 Å².